The third-order valence-corrected chi connectivity index (χ3v) is 4.79. The Bertz CT molecular complexity index is 1280. The minimum atomic E-state index is -0.601. The van der Waals surface area contributed by atoms with Crippen LogP contribution in [-0.2, 0) is 9.59 Å². The van der Waals surface area contributed by atoms with E-state index in [-0.39, 0.29) is 24.0 Å². The predicted octanol–water partition coefficient (Wildman–Crippen LogP) is 3.46. The van der Waals surface area contributed by atoms with Gasteiger partial charge >= 0.3 is 5.69 Å². The maximum Gasteiger partial charge on any atom is 0.310 e. The van der Waals surface area contributed by atoms with Crippen LogP contribution in [0.4, 0.5) is 11.4 Å². The maximum atomic E-state index is 12.2. The molecule has 0 aliphatic heterocycles. The van der Waals surface area contributed by atoms with Crippen molar-refractivity contribution in [1.82, 2.24) is 5.43 Å². The number of hydrogen-bond acceptors (Lipinski definition) is 8. The van der Waals surface area contributed by atoms with Crippen LogP contribution in [0.5, 0.6) is 17.2 Å². The average Bonchev–Trinajstić information content (AvgIpc) is 2.88. The van der Waals surface area contributed by atoms with E-state index in [9.17, 15) is 19.7 Å². The van der Waals surface area contributed by atoms with Crippen molar-refractivity contribution in [3.05, 3.63) is 88.0 Å². The zero-order chi connectivity index (χ0) is 25.9. The van der Waals surface area contributed by atoms with Gasteiger partial charge in [-0.2, -0.15) is 5.10 Å². The summed E-state index contributed by atoms with van der Waals surface area (Å²) in [7, 11) is 1.46. The van der Waals surface area contributed by atoms with Crippen molar-refractivity contribution in [2.75, 3.05) is 25.6 Å². The molecule has 2 amide bonds. The van der Waals surface area contributed by atoms with Gasteiger partial charge in [-0.25, -0.2) is 5.43 Å². The molecular formula is C25H24N4O7. The second-order valence-electron chi connectivity index (χ2n) is 7.37. The molecule has 186 valence electrons. The number of carbonyl (C=O) groups is 2. The summed E-state index contributed by atoms with van der Waals surface area (Å²) >= 11 is 0. The largest absolute Gasteiger partial charge is 0.493 e. The molecule has 3 aromatic carbocycles. The van der Waals surface area contributed by atoms with E-state index < -0.39 is 17.4 Å². The SMILES string of the molecule is COc1cc(/C=N/NC(=O)COc2ccccc2[N+](=O)[O-])ccc1OCC(=O)Nc1ccccc1C. The number of methoxy groups -OCH3 is 1. The number of amides is 2. The third kappa shape index (κ3) is 7.29. The quantitative estimate of drug-likeness (QED) is 0.237. The molecule has 0 radical (unpaired) electrons. The Balaban J connectivity index is 1.51. The van der Waals surface area contributed by atoms with Gasteiger partial charge in [-0.15, -0.1) is 0 Å². The van der Waals surface area contributed by atoms with E-state index in [1.165, 1.54) is 31.5 Å². The standard InChI is InChI=1S/C25H24N4O7/c1-17-7-3-4-8-19(17)27-24(30)15-36-22-12-11-18(13-23(22)34-2)14-26-28-25(31)16-35-21-10-6-5-9-20(21)29(32)33/h3-14H,15-16H2,1-2H3,(H,27,30)(H,28,31)/b26-14+. The first-order valence-corrected chi connectivity index (χ1v) is 10.7. The zero-order valence-electron chi connectivity index (χ0n) is 19.6. The monoisotopic (exact) mass is 492 g/mol. The number of benzene rings is 3. The van der Waals surface area contributed by atoms with Crippen molar-refractivity contribution in [2.24, 2.45) is 5.10 Å². The van der Waals surface area contributed by atoms with Crippen LogP contribution < -0.4 is 25.0 Å². The number of nitro groups is 1. The maximum absolute atomic E-state index is 12.2. The van der Waals surface area contributed by atoms with Crippen molar-refractivity contribution in [3.8, 4) is 17.2 Å². The number of hydrazone groups is 1. The molecule has 0 aromatic heterocycles. The van der Waals surface area contributed by atoms with E-state index in [4.69, 9.17) is 14.2 Å². The van der Waals surface area contributed by atoms with Gasteiger partial charge in [0.1, 0.15) is 0 Å². The molecule has 0 atom stereocenters. The average molecular weight is 492 g/mol. The number of rotatable bonds is 11. The first-order valence-electron chi connectivity index (χ1n) is 10.7. The highest BCUT2D eigenvalue weighted by Gasteiger charge is 2.15. The number of para-hydroxylation sites is 3. The highest BCUT2D eigenvalue weighted by Crippen LogP contribution is 2.28. The highest BCUT2D eigenvalue weighted by atomic mass is 16.6. The first kappa shape index (κ1) is 25.7. The minimum Gasteiger partial charge on any atom is -0.493 e. The van der Waals surface area contributed by atoms with Crippen LogP contribution in [0, 0.1) is 17.0 Å². The Morgan fingerprint density at radius 3 is 2.39 bits per heavy atom. The Morgan fingerprint density at radius 2 is 1.64 bits per heavy atom. The van der Waals surface area contributed by atoms with Crippen molar-refractivity contribution in [2.45, 2.75) is 6.92 Å². The van der Waals surface area contributed by atoms with Gasteiger partial charge in [-0.3, -0.25) is 19.7 Å². The smallest absolute Gasteiger partial charge is 0.310 e. The molecule has 0 heterocycles. The minimum absolute atomic E-state index is 0.0189. The molecule has 11 heteroatoms. The fourth-order valence-electron chi connectivity index (χ4n) is 3.01. The predicted molar refractivity (Wildman–Crippen MR) is 133 cm³/mol. The van der Waals surface area contributed by atoms with Gasteiger partial charge in [0, 0.05) is 11.8 Å². The number of anilines is 1. The third-order valence-electron chi connectivity index (χ3n) is 4.79. The van der Waals surface area contributed by atoms with Crippen molar-refractivity contribution in [1.29, 1.82) is 0 Å². The molecule has 11 nitrogen and oxygen atoms in total. The molecule has 36 heavy (non-hydrogen) atoms. The molecule has 0 fully saturated rings. The first-order chi connectivity index (χ1) is 17.4. The van der Waals surface area contributed by atoms with Gasteiger partial charge in [0.25, 0.3) is 11.8 Å². The van der Waals surface area contributed by atoms with E-state index in [1.54, 1.807) is 30.3 Å². The van der Waals surface area contributed by atoms with Crippen molar-refractivity contribution < 1.29 is 28.7 Å². The van der Waals surface area contributed by atoms with Crippen LogP contribution in [0.3, 0.4) is 0 Å². The summed E-state index contributed by atoms with van der Waals surface area (Å²) in [5.41, 5.74) is 4.27. The molecule has 2 N–H and O–H groups in total. The van der Waals surface area contributed by atoms with E-state index in [0.717, 1.165) is 5.56 Å². The fraction of sp³-hybridized carbons (Fsp3) is 0.160. The van der Waals surface area contributed by atoms with Crippen LogP contribution in [0.2, 0.25) is 0 Å². The number of hydrogen-bond donors (Lipinski definition) is 2. The lowest BCUT2D eigenvalue weighted by Gasteiger charge is -2.12. The van der Waals surface area contributed by atoms with E-state index in [1.807, 2.05) is 25.1 Å². The van der Waals surface area contributed by atoms with Crippen molar-refractivity contribution in [3.63, 3.8) is 0 Å². The van der Waals surface area contributed by atoms with Gasteiger partial charge in [0.05, 0.1) is 18.2 Å². The number of nitrogens with zero attached hydrogens (tertiary/aromatic N) is 2. The Kier molecular flexibility index (Phi) is 8.93. The zero-order valence-corrected chi connectivity index (χ0v) is 19.6. The lowest BCUT2D eigenvalue weighted by molar-refractivity contribution is -0.385. The lowest BCUT2D eigenvalue weighted by atomic mass is 10.2. The summed E-state index contributed by atoms with van der Waals surface area (Å²) in [6.07, 6.45) is 1.38. The number of nitrogens with one attached hydrogen (secondary N) is 2. The summed E-state index contributed by atoms with van der Waals surface area (Å²) < 4.78 is 16.1. The number of nitro benzene ring substituents is 1. The van der Waals surface area contributed by atoms with Gasteiger partial charge in [-0.1, -0.05) is 30.3 Å². The van der Waals surface area contributed by atoms with Crippen LogP contribution >= 0.6 is 0 Å². The topological polar surface area (TPSA) is 141 Å². The number of carbonyl (C=O) groups excluding carboxylic acids is 2. The summed E-state index contributed by atoms with van der Waals surface area (Å²) in [6, 6.07) is 18.1. The van der Waals surface area contributed by atoms with Crippen LogP contribution in [0.1, 0.15) is 11.1 Å². The molecule has 0 saturated heterocycles. The Hall–Kier alpha value is -4.93. The number of aryl methyl sites for hydroxylation is 1. The summed E-state index contributed by atoms with van der Waals surface area (Å²) in [6.45, 7) is 1.22. The summed E-state index contributed by atoms with van der Waals surface area (Å²) in [5.74, 6) is -0.210. The van der Waals surface area contributed by atoms with Gasteiger partial charge in [0.15, 0.2) is 30.5 Å². The molecule has 3 rings (SSSR count). The van der Waals surface area contributed by atoms with Crippen LogP contribution in [-0.4, -0.2) is 43.3 Å². The molecule has 0 saturated carbocycles. The second kappa shape index (κ2) is 12.5. The molecule has 0 aliphatic carbocycles. The highest BCUT2D eigenvalue weighted by molar-refractivity contribution is 5.92. The fourth-order valence-corrected chi connectivity index (χ4v) is 3.01. The second-order valence-corrected chi connectivity index (χ2v) is 7.37. The molecule has 0 bridgehead atoms. The molecular weight excluding hydrogens is 468 g/mol. The summed E-state index contributed by atoms with van der Waals surface area (Å²) in [4.78, 5) is 34.6. The van der Waals surface area contributed by atoms with Gasteiger partial charge in [0.2, 0.25) is 0 Å². The molecule has 0 aliphatic rings. The van der Waals surface area contributed by atoms with E-state index in [2.05, 4.69) is 15.8 Å². The number of ether oxygens (including phenoxy) is 3. The molecule has 3 aromatic rings. The normalized spacial score (nSPS) is 10.5. The Morgan fingerprint density at radius 1 is 0.944 bits per heavy atom. The van der Waals surface area contributed by atoms with Crippen LogP contribution in [0.25, 0.3) is 0 Å². The van der Waals surface area contributed by atoms with E-state index >= 15 is 0 Å². The van der Waals surface area contributed by atoms with Crippen molar-refractivity contribution >= 4 is 29.4 Å². The van der Waals surface area contributed by atoms with Gasteiger partial charge in [-0.05, 0) is 48.4 Å². The summed E-state index contributed by atoms with van der Waals surface area (Å²) in [5, 5.41) is 17.6. The van der Waals surface area contributed by atoms with Crippen LogP contribution in [0.15, 0.2) is 71.8 Å². The Labute approximate surface area is 206 Å². The van der Waals surface area contributed by atoms with E-state index in [0.29, 0.717) is 22.7 Å². The molecule has 0 spiro atoms. The lowest BCUT2D eigenvalue weighted by Crippen LogP contribution is -2.24. The van der Waals surface area contributed by atoms with Gasteiger partial charge < -0.3 is 19.5 Å². The molecule has 0 unspecified atom stereocenters.